The van der Waals surface area contributed by atoms with Gasteiger partial charge in [-0.15, -0.1) is 0 Å². The summed E-state index contributed by atoms with van der Waals surface area (Å²) in [7, 11) is 0. The summed E-state index contributed by atoms with van der Waals surface area (Å²) in [5.41, 5.74) is 0. The van der Waals surface area contributed by atoms with Crippen LogP contribution >= 0.6 is 0 Å². The first kappa shape index (κ1) is 15.7. The standard InChI is InChI=1S/C9H20O7/c10-1-3-12-7-14-5-6-15-9-16-8-13-4-2-11/h10-11H,1-9H2. The normalized spacial score (nSPS) is 10.9. The Hall–Kier alpha value is -0.280. The van der Waals surface area contributed by atoms with Gasteiger partial charge in [-0.25, -0.2) is 0 Å². The molecule has 0 aromatic rings. The molecule has 0 saturated carbocycles. The molecular weight excluding hydrogens is 220 g/mol. The van der Waals surface area contributed by atoms with Gasteiger partial charge in [-0.3, -0.25) is 0 Å². The summed E-state index contributed by atoms with van der Waals surface area (Å²) in [6.45, 7) is 1.64. The van der Waals surface area contributed by atoms with Gasteiger partial charge in [-0.05, 0) is 0 Å². The Morgan fingerprint density at radius 2 is 0.875 bits per heavy atom. The fraction of sp³-hybridized carbons (Fsp3) is 1.00. The Kier molecular flexibility index (Phi) is 14.5. The molecule has 0 aliphatic carbocycles. The first-order valence-corrected chi connectivity index (χ1v) is 5.02. The van der Waals surface area contributed by atoms with Gasteiger partial charge < -0.3 is 33.9 Å². The molecule has 0 spiro atoms. The van der Waals surface area contributed by atoms with Crippen molar-refractivity contribution in [3.63, 3.8) is 0 Å². The van der Waals surface area contributed by atoms with Crippen molar-refractivity contribution in [2.45, 2.75) is 0 Å². The van der Waals surface area contributed by atoms with Gasteiger partial charge in [0, 0.05) is 0 Å². The first-order valence-electron chi connectivity index (χ1n) is 5.02. The molecule has 0 amide bonds. The van der Waals surface area contributed by atoms with Crippen LogP contribution in [-0.4, -0.2) is 70.2 Å². The maximum atomic E-state index is 8.38. The van der Waals surface area contributed by atoms with E-state index in [9.17, 15) is 0 Å². The van der Waals surface area contributed by atoms with Crippen LogP contribution in [0.4, 0.5) is 0 Å². The third-order valence-corrected chi connectivity index (χ3v) is 1.34. The molecule has 0 aromatic heterocycles. The number of hydrogen-bond donors (Lipinski definition) is 2. The van der Waals surface area contributed by atoms with E-state index in [4.69, 9.17) is 33.9 Å². The summed E-state index contributed by atoms with van der Waals surface area (Å²) in [5, 5.41) is 16.8. The highest BCUT2D eigenvalue weighted by Crippen LogP contribution is 1.83. The molecular formula is C9H20O7. The monoisotopic (exact) mass is 240 g/mol. The minimum atomic E-state index is -0.0219. The molecule has 0 aliphatic rings. The van der Waals surface area contributed by atoms with Gasteiger partial charge in [0.2, 0.25) is 0 Å². The van der Waals surface area contributed by atoms with E-state index in [1.54, 1.807) is 0 Å². The summed E-state index contributed by atoms with van der Waals surface area (Å²) < 4.78 is 24.6. The van der Waals surface area contributed by atoms with Crippen molar-refractivity contribution >= 4 is 0 Å². The van der Waals surface area contributed by atoms with Gasteiger partial charge in [0.15, 0.2) is 0 Å². The van der Waals surface area contributed by atoms with E-state index in [0.717, 1.165) is 0 Å². The van der Waals surface area contributed by atoms with E-state index in [2.05, 4.69) is 0 Å². The van der Waals surface area contributed by atoms with Crippen LogP contribution in [0.25, 0.3) is 0 Å². The minimum absolute atomic E-state index is 0.0124. The fourth-order valence-corrected chi connectivity index (χ4v) is 0.693. The third kappa shape index (κ3) is 13.7. The Balaban J connectivity index is 2.83. The Labute approximate surface area is 94.8 Å². The van der Waals surface area contributed by atoms with E-state index in [1.807, 2.05) is 0 Å². The van der Waals surface area contributed by atoms with Gasteiger partial charge in [-0.1, -0.05) is 0 Å². The topological polar surface area (TPSA) is 86.6 Å². The van der Waals surface area contributed by atoms with Crippen LogP contribution in [0.2, 0.25) is 0 Å². The second-order valence-corrected chi connectivity index (χ2v) is 2.64. The average molecular weight is 240 g/mol. The molecule has 0 unspecified atom stereocenters. The quantitative estimate of drug-likeness (QED) is 0.313. The third-order valence-electron chi connectivity index (χ3n) is 1.34. The maximum Gasteiger partial charge on any atom is 0.149 e. The zero-order valence-corrected chi connectivity index (χ0v) is 9.30. The van der Waals surface area contributed by atoms with Crippen LogP contribution in [0.15, 0.2) is 0 Å². The number of hydrogen-bond acceptors (Lipinski definition) is 7. The van der Waals surface area contributed by atoms with E-state index in [-0.39, 0.29) is 46.8 Å². The summed E-state index contributed by atoms with van der Waals surface area (Å²) in [6.07, 6.45) is 0. The molecule has 0 bridgehead atoms. The molecule has 0 fully saturated rings. The summed E-state index contributed by atoms with van der Waals surface area (Å²) >= 11 is 0. The summed E-state index contributed by atoms with van der Waals surface area (Å²) in [5.74, 6) is 0. The molecule has 7 heteroatoms. The molecule has 0 rings (SSSR count). The van der Waals surface area contributed by atoms with Crippen molar-refractivity contribution in [3.8, 4) is 0 Å². The van der Waals surface area contributed by atoms with Crippen LogP contribution in [0.5, 0.6) is 0 Å². The lowest BCUT2D eigenvalue weighted by atomic mass is 10.8. The summed E-state index contributed by atoms with van der Waals surface area (Å²) in [6, 6.07) is 0. The van der Waals surface area contributed by atoms with Crippen LogP contribution < -0.4 is 0 Å². The number of rotatable bonds is 13. The lowest BCUT2D eigenvalue weighted by Crippen LogP contribution is -2.12. The van der Waals surface area contributed by atoms with E-state index in [0.29, 0.717) is 13.2 Å². The predicted octanol–water partition coefficient (Wildman–Crippen LogP) is -1.07. The van der Waals surface area contributed by atoms with Crippen molar-refractivity contribution in [1.29, 1.82) is 0 Å². The Morgan fingerprint density at radius 3 is 1.31 bits per heavy atom. The maximum absolute atomic E-state index is 8.38. The van der Waals surface area contributed by atoms with Crippen molar-refractivity contribution < 1.29 is 33.9 Å². The lowest BCUT2D eigenvalue weighted by Gasteiger charge is -2.07. The first-order chi connectivity index (χ1) is 7.91. The average Bonchev–Trinajstić information content (AvgIpc) is 2.31. The zero-order valence-electron chi connectivity index (χ0n) is 9.30. The Morgan fingerprint density at radius 1 is 0.500 bits per heavy atom. The van der Waals surface area contributed by atoms with E-state index >= 15 is 0 Å². The van der Waals surface area contributed by atoms with E-state index < -0.39 is 0 Å². The molecule has 16 heavy (non-hydrogen) atoms. The van der Waals surface area contributed by atoms with Crippen LogP contribution in [0.3, 0.4) is 0 Å². The van der Waals surface area contributed by atoms with Crippen molar-refractivity contribution in [3.05, 3.63) is 0 Å². The van der Waals surface area contributed by atoms with Crippen LogP contribution in [0.1, 0.15) is 0 Å². The Bertz CT molecular complexity index is 108. The highest BCUT2D eigenvalue weighted by molar-refractivity contribution is 4.25. The highest BCUT2D eigenvalue weighted by atomic mass is 16.7. The number of aliphatic hydroxyl groups excluding tert-OH is 2. The van der Waals surface area contributed by atoms with Gasteiger partial charge in [0.05, 0.1) is 39.6 Å². The minimum Gasteiger partial charge on any atom is -0.394 e. The molecule has 0 saturated heterocycles. The van der Waals surface area contributed by atoms with Gasteiger partial charge in [-0.2, -0.15) is 0 Å². The molecule has 0 aliphatic heterocycles. The van der Waals surface area contributed by atoms with Crippen molar-refractivity contribution in [1.82, 2.24) is 0 Å². The van der Waals surface area contributed by atoms with Gasteiger partial charge in [0.1, 0.15) is 20.4 Å². The van der Waals surface area contributed by atoms with Gasteiger partial charge >= 0.3 is 0 Å². The predicted molar refractivity (Wildman–Crippen MR) is 53.7 cm³/mol. The van der Waals surface area contributed by atoms with Crippen LogP contribution in [0, 0.1) is 0 Å². The lowest BCUT2D eigenvalue weighted by molar-refractivity contribution is -0.145. The largest absolute Gasteiger partial charge is 0.394 e. The molecule has 0 aromatic carbocycles. The summed E-state index contributed by atoms with van der Waals surface area (Å²) in [4.78, 5) is 0. The van der Waals surface area contributed by atoms with Gasteiger partial charge in [0.25, 0.3) is 0 Å². The fourth-order valence-electron chi connectivity index (χ4n) is 0.693. The highest BCUT2D eigenvalue weighted by Gasteiger charge is 1.91. The molecule has 2 N–H and O–H groups in total. The molecule has 7 nitrogen and oxygen atoms in total. The second-order valence-electron chi connectivity index (χ2n) is 2.64. The molecule has 0 radical (unpaired) electrons. The number of ether oxygens (including phenoxy) is 5. The van der Waals surface area contributed by atoms with E-state index in [1.165, 1.54) is 0 Å². The zero-order chi connectivity index (χ0) is 11.9. The number of aliphatic hydroxyl groups is 2. The molecule has 98 valence electrons. The van der Waals surface area contributed by atoms with Crippen molar-refractivity contribution in [2.24, 2.45) is 0 Å². The molecule has 0 heterocycles. The van der Waals surface area contributed by atoms with Crippen LogP contribution in [-0.2, 0) is 23.7 Å². The van der Waals surface area contributed by atoms with Crippen molar-refractivity contribution in [2.75, 3.05) is 60.0 Å². The molecule has 0 atom stereocenters. The SMILES string of the molecule is OCCOCOCCOCOCOCCO. The second kappa shape index (κ2) is 14.7. The smallest absolute Gasteiger partial charge is 0.149 e.